The smallest absolute Gasteiger partial charge is 0.132 e. The summed E-state index contributed by atoms with van der Waals surface area (Å²) in [4.78, 5) is 7.96. The monoisotopic (exact) mass is 498 g/mol. The number of fused-ring (bicyclic) bond motifs is 1. The SMILES string of the molecule is CC1(N2CCC2)CCc2ccc(-c3cnc(N)c(C(=N)c4ccc(S(=O)C5CC5)cc4)c3)cc2CC1. The summed E-state index contributed by atoms with van der Waals surface area (Å²) in [6.07, 6.45) is 9.86. The highest BCUT2D eigenvalue weighted by molar-refractivity contribution is 7.86. The van der Waals surface area contributed by atoms with Gasteiger partial charge in [0, 0.05) is 38.6 Å². The van der Waals surface area contributed by atoms with E-state index < -0.39 is 10.8 Å². The van der Waals surface area contributed by atoms with Crippen molar-refractivity contribution in [2.24, 2.45) is 0 Å². The average Bonchev–Trinajstić information content (AvgIpc) is 3.71. The van der Waals surface area contributed by atoms with Crippen LogP contribution in [0.15, 0.2) is 59.6 Å². The van der Waals surface area contributed by atoms with Crippen LogP contribution in [0.3, 0.4) is 0 Å². The number of nitrogens with two attached hydrogens (primary N) is 1. The molecule has 6 heteroatoms. The maximum Gasteiger partial charge on any atom is 0.132 e. The second kappa shape index (κ2) is 9.24. The number of nitrogens with one attached hydrogen (secondary N) is 1. The van der Waals surface area contributed by atoms with Gasteiger partial charge in [-0.25, -0.2) is 4.98 Å². The van der Waals surface area contributed by atoms with E-state index in [9.17, 15) is 4.21 Å². The summed E-state index contributed by atoms with van der Waals surface area (Å²) in [5, 5.41) is 9.14. The molecule has 0 bridgehead atoms. The quantitative estimate of drug-likeness (QED) is 0.354. The molecule has 3 N–H and O–H groups in total. The lowest BCUT2D eigenvalue weighted by atomic mass is 9.87. The lowest BCUT2D eigenvalue weighted by Gasteiger charge is -2.46. The van der Waals surface area contributed by atoms with Crippen LogP contribution in [-0.4, -0.2) is 43.7 Å². The zero-order valence-corrected chi connectivity index (χ0v) is 21.7. The first kappa shape index (κ1) is 23.6. The molecule has 2 heterocycles. The molecular formula is C30H34N4OS. The van der Waals surface area contributed by atoms with Gasteiger partial charge in [0.05, 0.1) is 16.5 Å². The van der Waals surface area contributed by atoms with E-state index >= 15 is 0 Å². The van der Waals surface area contributed by atoms with Gasteiger partial charge in [0.25, 0.3) is 0 Å². The largest absolute Gasteiger partial charge is 0.383 e. The lowest BCUT2D eigenvalue weighted by Crippen LogP contribution is -2.53. The minimum atomic E-state index is -0.941. The lowest BCUT2D eigenvalue weighted by molar-refractivity contribution is 0.0311. The highest BCUT2D eigenvalue weighted by Gasteiger charge is 2.36. The molecular weight excluding hydrogens is 464 g/mol. The van der Waals surface area contributed by atoms with Crippen molar-refractivity contribution < 1.29 is 4.21 Å². The highest BCUT2D eigenvalue weighted by Crippen LogP contribution is 2.36. The van der Waals surface area contributed by atoms with Crippen molar-refractivity contribution in [2.75, 3.05) is 18.8 Å². The van der Waals surface area contributed by atoms with Gasteiger partial charge in [-0.3, -0.25) is 14.5 Å². The summed E-state index contributed by atoms with van der Waals surface area (Å²) in [7, 11) is -0.941. The molecule has 3 aromatic rings. The van der Waals surface area contributed by atoms with Crippen molar-refractivity contribution in [3.05, 3.63) is 77.0 Å². The number of nitrogens with zero attached hydrogens (tertiary/aromatic N) is 2. The van der Waals surface area contributed by atoms with Crippen molar-refractivity contribution in [1.29, 1.82) is 5.41 Å². The molecule has 2 aliphatic carbocycles. The number of hydrogen-bond donors (Lipinski definition) is 2. The molecule has 2 atom stereocenters. The predicted molar refractivity (Wildman–Crippen MR) is 147 cm³/mol. The topological polar surface area (TPSA) is 83.1 Å². The number of rotatable bonds is 6. The van der Waals surface area contributed by atoms with Crippen LogP contribution in [0.1, 0.15) is 61.3 Å². The normalized spacial score (nSPS) is 22.8. The van der Waals surface area contributed by atoms with Crippen LogP contribution < -0.4 is 5.73 Å². The molecule has 186 valence electrons. The molecule has 1 saturated heterocycles. The number of aromatic nitrogens is 1. The molecule has 0 spiro atoms. The second-order valence-corrected chi connectivity index (χ2v) is 12.6. The molecule has 1 saturated carbocycles. The van der Waals surface area contributed by atoms with Crippen LogP contribution in [0.25, 0.3) is 11.1 Å². The van der Waals surface area contributed by atoms with Gasteiger partial charge in [0.1, 0.15) is 5.82 Å². The molecule has 0 amide bonds. The van der Waals surface area contributed by atoms with E-state index in [4.69, 9.17) is 11.1 Å². The van der Waals surface area contributed by atoms with E-state index in [1.807, 2.05) is 36.5 Å². The van der Waals surface area contributed by atoms with Crippen LogP contribution in [-0.2, 0) is 23.6 Å². The number of hydrogen-bond acceptors (Lipinski definition) is 5. The maximum atomic E-state index is 12.4. The maximum absolute atomic E-state index is 12.4. The first-order valence-corrected chi connectivity index (χ1v) is 14.4. The van der Waals surface area contributed by atoms with Crippen LogP contribution in [0.5, 0.6) is 0 Å². The molecule has 6 rings (SSSR count). The van der Waals surface area contributed by atoms with Gasteiger partial charge in [-0.2, -0.15) is 0 Å². The first-order chi connectivity index (χ1) is 17.4. The van der Waals surface area contributed by atoms with E-state index in [0.717, 1.165) is 47.3 Å². The van der Waals surface area contributed by atoms with E-state index in [1.54, 1.807) is 0 Å². The van der Waals surface area contributed by atoms with Crippen LogP contribution in [0.2, 0.25) is 0 Å². The van der Waals surface area contributed by atoms with Crippen molar-refractivity contribution in [1.82, 2.24) is 9.88 Å². The molecule has 2 aromatic carbocycles. The standard InChI is InChI=1S/C30H34N4OS/c1-30(34-15-2-16-34)13-11-20-3-4-22(17-23(20)12-14-30)24-18-27(29(32)33-19-24)28(31)21-5-7-25(8-6-21)36(35)26-9-10-26/h3-8,17-19,26,31H,2,9-16H2,1H3,(H2,32,33). The molecule has 1 aromatic heterocycles. The summed E-state index contributed by atoms with van der Waals surface area (Å²) in [6, 6.07) is 16.3. The Morgan fingerprint density at radius 3 is 2.42 bits per heavy atom. The van der Waals surface area contributed by atoms with Gasteiger partial charge in [0.2, 0.25) is 0 Å². The van der Waals surface area contributed by atoms with Gasteiger partial charge in [-0.05, 0) is 99.8 Å². The van der Waals surface area contributed by atoms with Crippen LogP contribution in [0, 0.1) is 5.41 Å². The summed E-state index contributed by atoms with van der Waals surface area (Å²) < 4.78 is 12.4. The minimum absolute atomic E-state index is 0.303. The van der Waals surface area contributed by atoms with Crippen molar-refractivity contribution in [3.63, 3.8) is 0 Å². The Morgan fingerprint density at radius 1 is 1.03 bits per heavy atom. The van der Waals surface area contributed by atoms with Crippen molar-refractivity contribution >= 4 is 22.3 Å². The van der Waals surface area contributed by atoms with Crippen molar-refractivity contribution in [2.45, 2.75) is 67.6 Å². The summed E-state index contributed by atoms with van der Waals surface area (Å²) in [6.45, 7) is 4.92. The van der Waals surface area contributed by atoms with Crippen LogP contribution >= 0.6 is 0 Å². The Bertz CT molecular complexity index is 1340. The van der Waals surface area contributed by atoms with Gasteiger partial charge in [0.15, 0.2) is 0 Å². The Morgan fingerprint density at radius 2 is 1.75 bits per heavy atom. The van der Waals surface area contributed by atoms with E-state index in [-0.39, 0.29) is 0 Å². The fourth-order valence-corrected chi connectivity index (χ4v) is 6.96. The molecule has 1 aliphatic heterocycles. The first-order valence-electron chi connectivity index (χ1n) is 13.1. The Balaban J connectivity index is 1.24. The fraction of sp³-hybridized carbons (Fsp3) is 0.400. The molecule has 36 heavy (non-hydrogen) atoms. The van der Waals surface area contributed by atoms with E-state index in [0.29, 0.717) is 27.9 Å². The third-order valence-corrected chi connectivity index (χ3v) is 10.2. The number of benzene rings is 2. The zero-order chi connectivity index (χ0) is 24.9. The summed E-state index contributed by atoms with van der Waals surface area (Å²) >= 11 is 0. The summed E-state index contributed by atoms with van der Waals surface area (Å²) in [5.74, 6) is 0.356. The predicted octanol–water partition coefficient (Wildman–Crippen LogP) is 5.36. The Hall–Kier alpha value is -2.83. The number of nitrogen functional groups attached to an aromatic ring is 1. The zero-order valence-electron chi connectivity index (χ0n) is 20.9. The second-order valence-electron chi connectivity index (χ2n) is 10.9. The van der Waals surface area contributed by atoms with Crippen molar-refractivity contribution in [3.8, 4) is 11.1 Å². The number of anilines is 1. The average molecular weight is 499 g/mol. The fourth-order valence-electron chi connectivity index (χ4n) is 5.61. The van der Waals surface area contributed by atoms with Gasteiger partial charge in [-0.1, -0.05) is 30.3 Å². The summed E-state index contributed by atoms with van der Waals surface area (Å²) in [5.41, 5.74) is 13.3. The highest BCUT2D eigenvalue weighted by atomic mass is 32.2. The molecule has 3 aliphatic rings. The van der Waals surface area contributed by atoms with Gasteiger partial charge >= 0.3 is 0 Å². The Labute approximate surface area is 216 Å². The third-order valence-electron chi connectivity index (χ3n) is 8.42. The molecule has 0 radical (unpaired) electrons. The van der Waals surface area contributed by atoms with Gasteiger partial charge < -0.3 is 5.73 Å². The number of aryl methyl sites for hydroxylation is 2. The number of likely N-dealkylation sites (tertiary alicyclic amines) is 1. The third kappa shape index (κ3) is 4.41. The number of pyridine rings is 1. The van der Waals surface area contributed by atoms with E-state index in [2.05, 4.69) is 35.0 Å². The molecule has 2 fully saturated rings. The Kier molecular flexibility index (Phi) is 6.05. The minimum Gasteiger partial charge on any atom is -0.383 e. The van der Waals surface area contributed by atoms with E-state index in [1.165, 1.54) is 43.5 Å². The molecule has 2 unspecified atom stereocenters. The van der Waals surface area contributed by atoms with Crippen LogP contribution in [0.4, 0.5) is 5.82 Å². The van der Waals surface area contributed by atoms with Gasteiger partial charge in [-0.15, -0.1) is 0 Å². The molecule has 5 nitrogen and oxygen atoms in total.